The van der Waals surface area contributed by atoms with Crippen molar-refractivity contribution in [2.45, 2.75) is 133 Å². The first-order chi connectivity index (χ1) is 48.6. The van der Waals surface area contributed by atoms with Gasteiger partial charge in [0.1, 0.15) is 31.6 Å². The molecule has 0 bridgehead atoms. The van der Waals surface area contributed by atoms with E-state index in [1.165, 1.54) is 37.5 Å². The summed E-state index contributed by atoms with van der Waals surface area (Å²) in [6.45, 7) is 4.22. The number of nitrogens with one attached hydrogen (secondary N) is 1. The maximum Gasteiger partial charge on any atom is 0.416 e. The minimum absolute atomic E-state index is 0.0478. The Morgan fingerprint density at radius 1 is 0.544 bits per heavy atom. The molecule has 10 rings (SSSR count). The minimum Gasteiger partial charge on any atom is -0.445 e. The molecule has 3 heterocycles. The Labute approximate surface area is 591 Å². The van der Waals surface area contributed by atoms with E-state index < -0.39 is 146 Å². The number of nitrogens with zero attached hydrogens (tertiary/aromatic N) is 2. The van der Waals surface area contributed by atoms with Gasteiger partial charge in [0.2, 0.25) is 0 Å². The summed E-state index contributed by atoms with van der Waals surface area (Å²) in [6.07, 6.45) is -27.7. The van der Waals surface area contributed by atoms with Gasteiger partial charge in [-0.3, -0.25) is 15.1 Å². The summed E-state index contributed by atoms with van der Waals surface area (Å²) in [6, 6.07) is 46.5. The van der Waals surface area contributed by atoms with Crippen molar-refractivity contribution in [3.8, 4) is 0 Å². The van der Waals surface area contributed by atoms with Crippen LogP contribution in [0, 0.1) is 3.57 Å². The number of carbonyl (C=O) groups excluding carboxylic acids is 6. The van der Waals surface area contributed by atoms with Gasteiger partial charge in [0.15, 0.2) is 0 Å². The smallest absolute Gasteiger partial charge is 0.416 e. The summed E-state index contributed by atoms with van der Waals surface area (Å²) in [5, 5.41) is 2.64. The number of halogens is 13. The molecule has 3 unspecified atom stereocenters. The molecule has 3 aliphatic heterocycles. The number of alkyl carbamates (subject to hydrolysis) is 1. The Kier molecular flexibility index (Phi) is 26.2. The number of carbonyl (C=O) groups is 6. The Morgan fingerprint density at radius 2 is 0.922 bits per heavy atom. The number of likely N-dealkylation sites (tertiary alicyclic amines) is 2. The molecule has 31 heteroatoms. The molecule has 0 radical (unpaired) electrons. The van der Waals surface area contributed by atoms with E-state index >= 15 is 0 Å². The zero-order valence-corrected chi connectivity index (χ0v) is 57.4. The maximum absolute atomic E-state index is 13.8. The SMILES string of the molecule is CC(=O)OI(OC(C)=O)c1ccccc1.C[C@@H](OC[C@@]1(c2ccccc2)CCC(OC(N)=O)CN1C(=O)OCc1ccccc1)c1cc(C(F)(F)F)cc(C(F)(F)F)c1.C[C@@H](OC[C@@]1(c2ccccc2)CCC2OC(=O)NC2N1C(=O)OCc1ccccc1)c1cc(C(F)(F)F)cc(C(F)(F)F)c1. The number of fused-ring (bicyclic) bond motifs is 1. The van der Waals surface area contributed by atoms with E-state index in [4.69, 9.17) is 40.3 Å². The second-order valence-corrected chi connectivity index (χ2v) is 27.1. The predicted octanol–water partition coefficient (Wildman–Crippen LogP) is 17.5. The Bertz CT molecular complexity index is 3940. The molecule has 7 aromatic rings. The minimum atomic E-state index is -5.03. The maximum atomic E-state index is 13.8. The fourth-order valence-electron chi connectivity index (χ4n) is 11.6. The van der Waals surface area contributed by atoms with Crippen molar-refractivity contribution in [2.24, 2.45) is 5.73 Å². The van der Waals surface area contributed by atoms with Crippen LogP contribution in [0.3, 0.4) is 0 Å². The average molecular weight is 1570 g/mol. The third kappa shape index (κ3) is 21.3. The summed E-state index contributed by atoms with van der Waals surface area (Å²) in [4.78, 5) is 75.5. The number of hydrogen-bond acceptors (Lipinski definition) is 14. The summed E-state index contributed by atoms with van der Waals surface area (Å²) in [7, 11) is 0. The van der Waals surface area contributed by atoms with Crippen LogP contribution in [0.1, 0.15) is 121 Å². The number of hydrogen-bond donors (Lipinski definition) is 2. The van der Waals surface area contributed by atoms with E-state index in [1.54, 1.807) is 133 Å². The molecule has 0 saturated carbocycles. The van der Waals surface area contributed by atoms with Gasteiger partial charge >= 0.3 is 145 Å². The molecule has 3 saturated heterocycles. The molecule has 0 spiro atoms. The molecule has 7 aromatic carbocycles. The van der Waals surface area contributed by atoms with E-state index in [2.05, 4.69) is 5.32 Å². The van der Waals surface area contributed by atoms with Crippen molar-refractivity contribution < 1.29 is 116 Å². The first kappa shape index (κ1) is 79.1. The summed E-state index contributed by atoms with van der Waals surface area (Å²) in [5.41, 5.74) is -1.45. The number of alkyl halides is 12. The number of ether oxygens (including phenoxy) is 6. The Morgan fingerprint density at radius 3 is 1.33 bits per heavy atom. The van der Waals surface area contributed by atoms with E-state index in [0.29, 0.717) is 46.5 Å². The van der Waals surface area contributed by atoms with Gasteiger partial charge in [-0.1, -0.05) is 121 Å². The van der Waals surface area contributed by atoms with Crippen molar-refractivity contribution in [1.29, 1.82) is 0 Å². The van der Waals surface area contributed by atoms with Gasteiger partial charge in [-0.25, -0.2) is 19.2 Å². The number of amides is 4. The Balaban J connectivity index is 0.000000218. The molecule has 0 aliphatic carbocycles. The molecule has 18 nitrogen and oxygen atoms in total. The molecule has 3 fully saturated rings. The first-order valence-electron chi connectivity index (χ1n) is 31.5. The third-order valence-corrected chi connectivity index (χ3v) is 20.3. The first-order valence-corrected chi connectivity index (χ1v) is 34.4. The standard InChI is InChI=1S/C31H28F6N2O5.C31H30F6N2O5.C10H11IO4/c1-19(21-14-23(30(32,33)34)16-24(15-21)31(35,36)37)43-18-29(22-10-6-3-7-11-22)13-12-25-26(38-27(40)44-25)39(29)28(41)42-17-20-8-4-2-5-9-20;1-20(22-14-24(30(32,33)34)16-25(15-22)31(35,36)37)43-19-29(23-10-6-3-7-11-23)13-12-26(44-27(38)40)17-39(29)28(41)42-18-21-8-4-2-5-9-21;1-8(12)14-11(15-9(2)13)10-6-4-3-5-7-10/h2-11,14-16,19,25-26H,12-13,17-18H2,1H3,(H,38,40);2-11,14-16,20,26H,12-13,17-19H2,1H3,(H2,38,40);3-7H,1-2H3/t19-,25?,26?,29-;20-,26?,29-;/m11./s1. The van der Waals surface area contributed by atoms with Crippen molar-refractivity contribution in [1.82, 2.24) is 15.1 Å². The topological polar surface area (TPSA) is 221 Å². The molecular weight excluding hydrogens is 1500 g/mol. The van der Waals surface area contributed by atoms with Crippen molar-refractivity contribution in [2.75, 3.05) is 19.8 Å². The summed E-state index contributed by atoms with van der Waals surface area (Å²) < 4.78 is 207. The van der Waals surface area contributed by atoms with Crippen molar-refractivity contribution in [3.05, 3.63) is 247 Å². The molecule has 4 amide bonds. The monoisotopic (exact) mass is 1570 g/mol. The van der Waals surface area contributed by atoms with Crippen LogP contribution in [0.25, 0.3) is 0 Å². The van der Waals surface area contributed by atoms with Crippen LogP contribution in [0.5, 0.6) is 0 Å². The van der Waals surface area contributed by atoms with E-state index in [0.717, 1.165) is 3.57 Å². The van der Waals surface area contributed by atoms with E-state index in [-0.39, 0.29) is 81.9 Å². The average Bonchev–Trinajstić information content (AvgIpc) is 1.72. The van der Waals surface area contributed by atoms with E-state index in [9.17, 15) is 81.5 Å². The van der Waals surface area contributed by atoms with Gasteiger partial charge in [0.05, 0.1) is 65.3 Å². The van der Waals surface area contributed by atoms with Crippen LogP contribution >= 0.6 is 20.6 Å². The number of nitrogens with two attached hydrogens (primary N) is 1. The van der Waals surface area contributed by atoms with Crippen LogP contribution in [0.15, 0.2) is 188 Å². The van der Waals surface area contributed by atoms with Gasteiger partial charge < -0.3 is 34.2 Å². The van der Waals surface area contributed by atoms with Gasteiger partial charge in [0.25, 0.3) is 0 Å². The van der Waals surface area contributed by atoms with Crippen molar-refractivity contribution >= 4 is 57.0 Å². The van der Waals surface area contributed by atoms with Crippen LogP contribution in [0.4, 0.5) is 71.9 Å². The second kappa shape index (κ2) is 34.1. The number of benzene rings is 7. The largest absolute Gasteiger partial charge is 0.445 e. The fourth-order valence-corrected chi connectivity index (χ4v) is 14.3. The van der Waals surface area contributed by atoms with Crippen LogP contribution < -0.4 is 11.1 Å². The zero-order valence-electron chi connectivity index (χ0n) is 55.2. The second-order valence-electron chi connectivity index (χ2n) is 23.8. The van der Waals surface area contributed by atoms with Gasteiger partial charge in [-0.2, -0.15) is 52.7 Å². The van der Waals surface area contributed by atoms with E-state index in [1.807, 2.05) is 18.2 Å². The molecule has 3 aliphatic rings. The predicted molar refractivity (Wildman–Crippen MR) is 352 cm³/mol. The number of primary amides is 1. The summed E-state index contributed by atoms with van der Waals surface area (Å²) in [5.74, 6) is -0.851. The number of rotatable bonds is 18. The van der Waals surface area contributed by atoms with Gasteiger partial charge in [-0.15, -0.1) is 0 Å². The summed E-state index contributed by atoms with van der Waals surface area (Å²) >= 11 is -2.59. The normalized spacial score (nSPS) is 19.6. The van der Waals surface area contributed by atoms with Crippen molar-refractivity contribution in [3.63, 3.8) is 0 Å². The zero-order chi connectivity index (χ0) is 75.1. The van der Waals surface area contributed by atoms with Crippen LogP contribution in [0.2, 0.25) is 0 Å². The van der Waals surface area contributed by atoms with Crippen LogP contribution in [-0.2, 0) is 93.1 Å². The molecule has 7 atom stereocenters. The molecule has 3 N–H and O–H groups in total. The molecular formula is C72H69F12IN4O14. The Hall–Kier alpha value is -9.63. The van der Waals surface area contributed by atoms with Gasteiger partial charge in [-0.05, 0) is 109 Å². The molecule has 0 aromatic heterocycles. The van der Waals surface area contributed by atoms with Crippen LogP contribution in [-0.4, -0.2) is 84.2 Å². The van der Waals surface area contributed by atoms with Gasteiger partial charge in [0, 0.05) is 0 Å². The molecule has 103 heavy (non-hydrogen) atoms. The quantitative estimate of drug-likeness (QED) is 0.0464. The molecule has 552 valence electrons. The third-order valence-electron chi connectivity index (χ3n) is 16.5. The number of piperidine rings is 2. The fraction of sp³-hybridized carbons (Fsp3) is 0.333.